The number of rotatable bonds is 8. The summed E-state index contributed by atoms with van der Waals surface area (Å²) in [5.74, 6) is 0. The topological polar surface area (TPSA) is 46.6 Å². The van der Waals surface area contributed by atoms with E-state index in [0.29, 0.717) is 0 Å². The summed E-state index contributed by atoms with van der Waals surface area (Å²) in [5, 5.41) is 2.53. The summed E-state index contributed by atoms with van der Waals surface area (Å²) in [5.41, 5.74) is 13.9. The molecule has 0 aliphatic carbocycles. The van der Waals surface area contributed by atoms with Gasteiger partial charge in [-0.3, -0.25) is 0 Å². The number of fused-ring (bicyclic) bond motifs is 3. The SMILES string of the molecule is C1=C(c2cccc(-n3c4ccccc4c4ccccc43)c2)[I-][N+](Cc2ccccc2)=C1c1cccnc1-c1cc(-c2ccccc2)cc(-c2ccccn2)n1. The summed E-state index contributed by atoms with van der Waals surface area (Å²) in [4.78, 5) is 15.0. The van der Waals surface area contributed by atoms with E-state index in [9.17, 15) is 0 Å². The van der Waals surface area contributed by atoms with E-state index >= 15 is 0 Å². The number of aromatic nitrogens is 4. The number of halogens is 1. The fraction of sp³-hybridized carbons (Fsp3) is 0.0204. The van der Waals surface area contributed by atoms with Crippen LogP contribution in [0.4, 0.5) is 0 Å². The van der Waals surface area contributed by atoms with Crippen molar-refractivity contribution in [1.82, 2.24) is 19.5 Å². The average Bonchev–Trinajstić information content (AvgIpc) is 3.84. The number of hydrogen-bond acceptors (Lipinski definition) is 3. The van der Waals surface area contributed by atoms with Gasteiger partial charge in [0.05, 0.1) is 0 Å². The van der Waals surface area contributed by atoms with Gasteiger partial charge in [0.25, 0.3) is 0 Å². The Morgan fingerprint density at radius 3 is 1.95 bits per heavy atom. The third-order valence-corrected chi connectivity index (χ3v) is 12.9. The van der Waals surface area contributed by atoms with Crippen molar-refractivity contribution in [3.05, 3.63) is 211 Å². The van der Waals surface area contributed by atoms with Crippen molar-refractivity contribution in [1.29, 1.82) is 0 Å². The molecule has 5 nitrogen and oxygen atoms in total. The molecule has 1 aliphatic rings. The Morgan fingerprint density at radius 2 is 1.18 bits per heavy atom. The molecule has 0 fully saturated rings. The summed E-state index contributed by atoms with van der Waals surface area (Å²) in [7, 11) is 0. The van der Waals surface area contributed by atoms with E-state index in [4.69, 9.17) is 9.97 Å². The number of benzene rings is 5. The van der Waals surface area contributed by atoms with Crippen LogP contribution in [0, 0.1) is 0 Å². The molecular weight excluding hydrogens is 785 g/mol. The Labute approximate surface area is 330 Å². The molecule has 5 heterocycles. The third-order valence-electron chi connectivity index (χ3n) is 10.0. The first-order valence-corrected chi connectivity index (χ1v) is 20.4. The van der Waals surface area contributed by atoms with Gasteiger partial charge in [0.15, 0.2) is 0 Å². The van der Waals surface area contributed by atoms with Crippen LogP contribution < -0.4 is 21.5 Å². The molecule has 0 bridgehead atoms. The zero-order valence-corrected chi connectivity index (χ0v) is 32.0. The van der Waals surface area contributed by atoms with E-state index in [1.165, 1.54) is 42.2 Å². The standard InChI is InChI=1S/C49H34IN5/c1-3-15-34(16-4-1)33-54-48(32-42(50-54)36-19-13-20-38(29-36)55-46-25-9-7-21-39(46)40-22-8-10-26-47(40)55)41-23-14-28-52-49(41)45-31-37(35-17-5-2-6-18-35)30-44(53-45)43-24-11-12-27-51-43/h1-32H,33H2. The second-order valence-corrected chi connectivity index (χ2v) is 16.3. The van der Waals surface area contributed by atoms with Crippen LogP contribution in [-0.2, 0) is 6.54 Å². The van der Waals surface area contributed by atoms with Crippen LogP contribution in [0.1, 0.15) is 16.7 Å². The van der Waals surface area contributed by atoms with E-state index in [0.717, 1.165) is 51.7 Å². The minimum absolute atomic E-state index is 0.581. The Kier molecular flexibility index (Phi) is 8.65. The van der Waals surface area contributed by atoms with Crippen molar-refractivity contribution in [3.8, 4) is 39.6 Å². The fourth-order valence-electron chi connectivity index (χ4n) is 7.47. The van der Waals surface area contributed by atoms with E-state index in [1.54, 1.807) is 0 Å². The molecule has 0 radical (unpaired) electrons. The van der Waals surface area contributed by atoms with Gasteiger partial charge in [0, 0.05) is 0 Å². The molecule has 4 aromatic heterocycles. The van der Waals surface area contributed by atoms with Crippen LogP contribution in [0.3, 0.4) is 0 Å². The Bertz CT molecular complexity index is 2800. The second-order valence-electron chi connectivity index (χ2n) is 13.5. The van der Waals surface area contributed by atoms with Crippen LogP contribution in [0.2, 0.25) is 0 Å². The molecule has 0 saturated heterocycles. The van der Waals surface area contributed by atoms with Gasteiger partial charge in [-0.05, 0) is 0 Å². The van der Waals surface area contributed by atoms with Crippen molar-refractivity contribution in [3.63, 3.8) is 0 Å². The normalized spacial score (nSPS) is 12.9. The average molecular weight is 820 g/mol. The first kappa shape index (κ1) is 33.1. The Balaban J connectivity index is 1.12. The summed E-state index contributed by atoms with van der Waals surface area (Å²) >= 11 is -0.581. The van der Waals surface area contributed by atoms with Crippen molar-refractivity contribution in [2.24, 2.45) is 0 Å². The zero-order chi connectivity index (χ0) is 36.6. The van der Waals surface area contributed by atoms with Gasteiger partial charge in [-0.2, -0.15) is 0 Å². The summed E-state index contributed by atoms with van der Waals surface area (Å²) < 4.78 is 6.35. The maximum absolute atomic E-state index is 5.24. The molecule has 0 spiro atoms. The van der Waals surface area contributed by atoms with Gasteiger partial charge < -0.3 is 0 Å². The molecule has 0 saturated carbocycles. The molecule has 6 heteroatoms. The van der Waals surface area contributed by atoms with Gasteiger partial charge in [-0.25, -0.2) is 0 Å². The first-order valence-electron chi connectivity index (χ1n) is 18.4. The minimum atomic E-state index is -0.581. The van der Waals surface area contributed by atoms with Gasteiger partial charge in [-0.1, -0.05) is 0 Å². The zero-order valence-electron chi connectivity index (χ0n) is 29.8. The number of pyridine rings is 3. The first-order chi connectivity index (χ1) is 27.3. The number of hydrogen-bond donors (Lipinski definition) is 0. The predicted molar refractivity (Wildman–Crippen MR) is 219 cm³/mol. The fourth-order valence-corrected chi connectivity index (χ4v) is 10.4. The van der Waals surface area contributed by atoms with Gasteiger partial charge >= 0.3 is 332 Å². The van der Waals surface area contributed by atoms with Gasteiger partial charge in [-0.15, -0.1) is 0 Å². The van der Waals surface area contributed by atoms with Crippen LogP contribution in [0.15, 0.2) is 194 Å². The van der Waals surface area contributed by atoms with Crippen molar-refractivity contribution < 1.29 is 24.3 Å². The van der Waals surface area contributed by atoms with Gasteiger partial charge in [0.1, 0.15) is 0 Å². The molecule has 9 aromatic rings. The molecule has 262 valence electrons. The van der Waals surface area contributed by atoms with E-state index in [-0.39, 0.29) is 0 Å². The van der Waals surface area contributed by atoms with E-state index in [1.807, 2.05) is 42.7 Å². The molecule has 0 N–H and O–H groups in total. The predicted octanol–water partition coefficient (Wildman–Crippen LogP) is 8.03. The maximum atomic E-state index is 5.24. The van der Waals surface area contributed by atoms with Crippen LogP contribution in [-0.4, -0.2) is 28.0 Å². The third kappa shape index (κ3) is 6.34. The van der Waals surface area contributed by atoms with Crippen LogP contribution in [0.5, 0.6) is 0 Å². The molecule has 0 unspecified atom stereocenters. The molecule has 5 aromatic carbocycles. The van der Waals surface area contributed by atoms with Crippen LogP contribution in [0.25, 0.3) is 65.0 Å². The van der Waals surface area contributed by atoms with E-state index in [2.05, 4.69) is 164 Å². The van der Waals surface area contributed by atoms with E-state index < -0.39 is 21.5 Å². The molecule has 0 amide bonds. The monoisotopic (exact) mass is 819 g/mol. The Morgan fingerprint density at radius 1 is 0.509 bits per heavy atom. The summed E-state index contributed by atoms with van der Waals surface area (Å²) in [6.07, 6.45) is 6.10. The summed E-state index contributed by atoms with van der Waals surface area (Å²) in [6, 6.07) is 62.2. The summed E-state index contributed by atoms with van der Waals surface area (Å²) in [6.45, 7) is 0.807. The Hall–Kier alpha value is -6.51. The van der Waals surface area contributed by atoms with Crippen molar-refractivity contribution in [2.75, 3.05) is 0 Å². The molecule has 0 atom stereocenters. The van der Waals surface area contributed by atoms with Crippen molar-refractivity contribution >= 4 is 31.1 Å². The number of para-hydroxylation sites is 2. The molecule has 10 rings (SSSR count). The number of allylic oxidation sites excluding steroid dienone is 1. The quantitative estimate of drug-likeness (QED) is 0.115. The van der Waals surface area contributed by atoms with Crippen LogP contribution >= 0.6 is 0 Å². The molecule has 55 heavy (non-hydrogen) atoms. The second kappa shape index (κ2) is 14.4. The molecular formula is C49H34IN5. The van der Waals surface area contributed by atoms with Crippen molar-refractivity contribution in [2.45, 2.75) is 6.54 Å². The molecule has 1 aliphatic heterocycles. The number of nitrogens with zero attached hydrogens (tertiary/aromatic N) is 5. The van der Waals surface area contributed by atoms with Gasteiger partial charge in [0.2, 0.25) is 0 Å².